The van der Waals surface area contributed by atoms with E-state index in [1.807, 2.05) is 60.7 Å². The summed E-state index contributed by atoms with van der Waals surface area (Å²) >= 11 is 0. The number of hydrogen-bond acceptors (Lipinski definition) is 3. The number of rotatable bonds is 7. The molecule has 0 heterocycles. The zero-order valence-corrected chi connectivity index (χ0v) is 15.3. The predicted octanol–water partition coefficient (Wildman–Crippen LogP) is 4.84. The van der Waals surface area contributed by atoms with Gasteiger partial charge in [-0.2, -0.15) is 0 Å². The first-order valence-electron chi connectivity index (χ1n) is 8.91. The van der Waals surface area contributed by atoms with Gasteiger partial charge in [0, 0.05) is 31.3 Å². The average Bonchev–Trinajstić information content (AvgIpc) is 2.73. The van der Waals surface area contributed by atoms with Gasteiger partial charge in [-0.25, -0.2) is 0 Å². The van der Waals surface area contributed by atoms with Gasteiger partial charge >= 0.3 is 0 Å². The maximum Gasteiger partial charge on any atom is 0.269 e. The summed E-state index contributed by atoms with van der Waals surface area (Å²) in [7, 11) is 0. The molecule has 3 aromatic rings. The quantitative estimate of drug-likeness (QED) is 0.339. The van der Waals surface area contributed by atoms with Gasteiger partial charge in [-0.15, -0.1) is 0 Å². The summed E-state index contributed by atoms with van der Waals surface area (Å²) in [4.78, 5) is 24.9. The summed E-state index contributed by atoms with van der Waals surface area (Å²) in [6.07, 6.45) is 3.18. The summed E-state index contributed by atoms with van der Waals surface area (Å²) < 4.78 is 0. The highest BCUT2D eigenvalue weighted by atomic mass is 16.6. The first-order valence-corrected chi connectivity index (χ1v) is 8.91. The SMILES string of the molecule is O=C(/C=C/c1ccc([N+](=O)[O-])cc1)N(Cc1ccccc1)Cc1ccccc1. The van der Waals surface area contributed by atoms with E-state index in [9.17, 15) is 14.9 Å². The minimum absolute atomic E-state index is 0.0262. The molecule has 0 aliphatic carbocycles. The Kier molecular flexibility index (Phi) is 6.31. The van der Waals surface area contributed by atoms with Crippen molar-refractivity contribution in [2.24, 2.45) is 0 Å². The Morgan fingerprint density at radius 1 is 0.821 bits per heavy atom. The van der Waals surface area contributed by atoms with Crippen molar-refractivity contribution in [1.29, 1.82) is 0 Å². The molecule has 5 nitrogen and oxygen atoms in total. The van der Waals surface area contributed by atoms with Gasteiger partial charge in [0.1, 0.15) is 0 Å². The molecule has 0 fully saturated rings. The van der Waals surface area contributed by atoms with Crippen molar-refractivity contribution >= 4 is 17.7 Å². The number of benzene rings is 3. The summed E-state index contributed by atoms with van der Waals surface area (Å²) in [5, 5.41) is 10.7. The summed E-state index contributed by atoms with van der Waals surface area (Å²) in [5.41, 5.74) is 2.86. The van der Waals surface area contributed by atoms with Crippen LogP contribution in [0.2, 0.25) is 0 Å². The van der Waals surface area contributed by atoms with Crippen LogP contribution in [0.3, 0.4) is 0 Å². The minimum Gasteiger partial charge on any atom is -0.331 e. The van der Waals surface area contributed by atoms with Crippen LogP contribution in [0.1, 0.15) is 16.7 Å². The van der Waals surface area contributed by atoms with Crippen LogP contribution >= 0.6 is 0 Å². The normalized spacial score (nSPS) is 10.7. The highest BCUT2D eigenvalue weighted by Gasteiger charge is 2.12. The highest BCUT2D eigenvalue weighted by molar-refractivity contribution is 5.91. The van der Waals surface area contributed by atoms with E-state index in [1.54, 1.807) is 23.1 Å². The lowest BCUT2D eigenvalue weighted by atomic mass is 10.1. The van der Waals surface area contributed by atoms with Crippen molar-refractivity contribution in [3.8, 4) is 0 Å². The van der Waals surface area contributed by atoms with E-state index in [0.717, 1.165) is 16.7 Å². The maximum atomic E-state index is 12.8. The van der Waals surface area contributed by atoms with Crippen LogP contribution in [0.15, 0.2) is 91.0 Å². The Bertz CT molecular complexity index is 911. The monoisotopic (exact) mass is 372 g/mol. The fourth-order valence-corrected chi connectivity index (χ4v) is 2.80. The topological polar surface area (TPSA) is 63.4 Å². The largest absolute Gasteiger partial charge is 0.331 e. The Balaban J connectivity index is 1.76. The van der Waals surface area contributed by atoms with Crippen molar-refractivity contribution in [3.05, 3.63) is 118 Å². The molecule has 0 aromatic heterocycles. The smallest absolute Gasteiger partial charge is 0.269 e. The van der Waals surface area contributed by atoms with Crippen molar-refractivity contribution in [3.63, 3.8) is 0 Å². The average molecular weight is 372 g/mol. The van der Waals surface area contributed by atoms with Gasteiger partial charge in [0.2, 0.25) is 5.91 Å². The van der Waals surface area contributed by atoms with E-state index in [4.69, 9.17) is 0 Å². The molecule has 0 atom stereocenters. The molecule has 0 bridgehead atoms. The molecule has 5 heteroatoms. The van der Waals surface area contributed by atoms with Crippen LogP contribution in [-0.2, 0) is 17.9 Å². The summed E-state index contributed by atoms with van der Waals surface area (Å²) in [6, 6.07) is 25.8. The standard InChI is InChI=1S/C23H20N2O3/c26-23(16-13-19-11-14-22(15-12-19)25(27)28)24(17-20-7-3-1-4-8-20)18-21-9-5-2-6-10-21/h1-16H,17-18H2/b16-13+. The van der Waals surface area contributed by atoms with Crippen molar-refractivity contribution in [1.82, 2.24) is 4.90 Å². The van der Waals surface area contributed by atoms with Crippen LogP contribution < -0.4 is 0 Å². The maximum absolute atomic E-state index is 12.8. The summed E-state index contributed by atoms with van der Waals surface area (Å²) in [5.74, 6) is -0.119. The van der Waals surface area contributed by atoms with Gasteiger partial charge in [0.25, 0.3) is 5.69 Å². The van der Waals surface area contributed by atoms with Crippen LogP contribution in [0.5, 0.6) is 0 Å². The second-order valence-electron chi connectivity index (χ2n) is 6.35. The number of carbonyl (C=O) groups excluding carboxylic acids is 1. The van der Waals surface area contributed by atoms with Gasteiger partial charge in [-0.3, -0.25) is 14.9 Å². The second-order valence-corrected chi connectivity index (χ2v) is 6.35. The van der Waals surface area contributed by atoms with Gasteiger partial charge in [-0.05, 0) is 34.9 Å². The molecule has 140 valence electrons. The lowest BCUT2D eigenvalue weighted by Crippen LogP contribution is -2.28. The van der Waals surface area contributed by atoms with E-state index in [2.05, 4.69) is 0 Å². The number of hydrogen-bond donors (Lipinski definition) is 0. The first kappa shape index (κ1) is 19.0. The third-order valence-corrected chi connectivity index (χ3v) is 4.27. The van der Waals surface area contributed by atoms with Crippen LogP contribution in [0.25, 0.3) is 6.08 Å². The molecule has 0 N–H and O–H groups in total. The van der Waals surface area contributed by atoms with Crippen molar-refractivity contribution in [2.75, 3.05) is 0 Å². The molecular formula is C23H20N2O3. The molecule has 0 radical (unpaired) electrons. The number of nitro benzene ring substituents is 1. The van der Waals surface area contributed by atoms with E-state index in [1.165, 1.54) is 18.2 Å². The first-order chi connectivity index (χ1) is 13.6. The third-order valence-electron chi connectivity index (χ3n) is 4.27. The van der Waals surface area contributed by atoms with E-state index in [-0.39, 0.29) is 11.6 Å². The van der Waals surface area contributed by atoms with Crippen LogP contribution in [0.4, 0.5) is 5.69 Å². The molecular weight excluding hydrogens is 352 g/mol. The molecule has 0 saturated carbocycles. The van der Waals surface area contributed by atoms with Gasteiger partial charge in [0.05, 0.1) is 4.92 Å². The minimum atomic E-state index is -0.444. The molecule has 28 heavy (non-hydrogen) atoms. The molecule has 3 aromatic carbocycles. The lowest BCUT2D eigenvalue weighted by molar-refractivity contribution is -0.384. The second kappa shape index (κ2) is 9.28. The van der Waals surface area contributed by atoms with Crippen LogP contribution in [0, 0.1) is 10.1 Å². The third kappa shape index (κ3) is 5.38. The number of nitrogens with zero attached hydrogens (tertiary/aromatic N) is 2. The molecule has 1 amide bonds. The zero-order chi connectivity index (χ0) is 19.8. The fraction of sp³-hybridized carbons (Fsp3) is 0.0870. The number of carbonyl (C=O) groups is 1. The molecule has 0 spiro atoms. The predicted molar refractivity (Wildman–Crippen MR) is 109 cm³/mol. The zero-order valence-electron chi connectivity index (χ0n) is 15.3. The Morgan fingerprint density at radius 2 is 1.32 bits per heavy atom. The van der Waals surface area contributed by atoms with Gasteiger partial charge < -0.3 is 4.90 Å². The molecule has 0 unspecified atom stereocenters. The van der Waals surface area contributed by atoms with E-state index < -0.39 is 4.92 Å². The number of non-ortho nitro benzene ring substituents is 1. The molecule has 0 saturated heterocycles. The van der Waals surface area contributed by atoms with E-state index >= 15 is 0 Å². The van der Waals surface area contributed by atoms with Gasteiger partial charge in [-0.1, -0.05) is 60.7 Å². The summed E-state index contributed by atoms with van der Waals surface area (Å²) in [6.45, 7) is 0.998. The number of nitro groups is 1. The molecule has 3 rings (SSSR count). The van der Waals surface area contributed by atoms with Crippen molar-refractivity contribution in [2.45, 2.75) is 13.1 Å². The van der Waals surface area contributed by atoms with Gasteiger partial charge in [0.15, 0.2) is 0 Å². The fourth-order valence-electron chi connectivity index (χ4n) is 2.80. The Morgan fingerprint density at radius 3 is 1.79 bits per heavy atom. The lowest BCUT2D eigenvalue weighted by Gasteiger charge is -2.21. The Labute approximate surface area is 163 Å². The Hall–Kier alpha value is -3.73. The highest BCUT2D eigenvalue weighted by Crippen LogP contribution is 2.14. The van der Waals surface area contributed by atoms with E-state index in [0.29, 0.717) is 13.1 Å². The van der Waals surface area contributed by atoms with Crippen molar-refractivity contribution < 1.29 is 9.72 Å². The number of amides is 1. The molecule has 0 aliphatic heterocycles. The molecule has 0 aliphatic rings. The van der Waals surface area contributed by atoms with Crippen LogP contribution in [-0.4, -0.2) is 15.7 Å².